The number of fused-ring (bicyclic) bond motifs is 2. The molecule has 5 atom stereocenters. The molecule has 2 saturated carbocycles. The van der Waals surface area contributed by atoms with E-state index in [1.807, 2.05) is 12.1 Å². The summed E-state index contributed by atoms with van der Waals surface area (Å²) in [6.07, 6.45) is 5.42. The fourth-order valence-electron chi connectivity index (χ4n) is 5.48. The maximum Gasteiger partial charge on any atom is 1.00 e. The first-order chi connectivity index (χ1) is 12.5. The third-order valence-electron chi connectivity index (χ3n) is 6.30. The van der Waals surface area contributed by atoms with Crippen LogP contribution in [0.2, 0.25) is 0 Å². The molecule has 138 valence electrons. The molecule has 2 aliphatic carbocycles. The third-order valence-corrected chi connectivity index (χ3v) is 6.30. The van der Waals surface area contributed by atoms with E-state index in [4.69, 9.17) is 4.74 Å². The fraction of sp³-hybridized carbons (Fsp3) is 0.478. The predicted octanol–water partition coefficient (Wildman–Crippen LogP) is 2.87. The normalized spacial score (nSPS) is 29.7. The Kier molecular flexibility index (Phi) is 7.07. The van der Waals surface area contributed by atoms with Crippen molar-refractivity contribution in [1.82, 2.24) is 0 Å². The molecular weight excluding hydrogens is 366 g/mol. The molecule has 0 heterocycles. The van der Waals surface area contributed by atoms with Crippen molar-refractivity contribution in [3.8, 4) is 17.2 Å². The largest absolute Gasteiger partial charge is 1.00 e. The smallest absolute Gasteiger partial charge is 0.872 e. The summed E-state index contributed by atoms with van der Waals surface area (Å²) in [5.74, 6) is 3.56. The van der Waals surface area contributed by atoms with E-state index >= 15 is 0 Å². The SMILES string of the molecule is CC1CC2CC(C)C(c3ccc(Oc4ccc([O-])cc4F)cc3)C(C1)C2.[K+]. The summed E-state index contributed by atoms with van der Waals surface area (Å²) in [4.78, 5) is 0. The molecule has 0 aliphatic heterocycles. The molecule has 27 heavy (non-hydrogen) atoms. The number of benzene rings is 2. The zero-order chi connectivity index (χ0) is 18.3. The van der Waals surface area contributed by atoms with Crippen molar-refractivity contribution in [3.05, 3.63) is 53.8 Å². The average Bonchev–Trinajstić information content (AvgIpc) is 2.58. The van der Waals surface area contributed by atoms with Gasteiger partial charge in [0.1, 0.15) is 5.75 Å². The molecule has 2 bridgehead atoms. The molecule has 0 radical (unpaired) electrons. The van der Waals surface area contributed by atoms with Crippen molar-refractivity contribution in [2.45, 2.75) is 45.4 Å². The second-order valence-corrected chi connectivity index (χ2v) is 8.44. The molecular formula is C23H26FKO2. The summed E-state index contributed by atoms with van der Waals surface area (Å²) in [5.41, 5.74) is 1.37. The minimum atomic E-state index is -0.621. The van der Waals surface area contributed by atoms with Crippen molar-refractivity contribution in [3.63, 3.8) is 0 Å². The minimum absolute atomic E-state index is 0. The quantitative estimate of drug-likeness (QED) is 0.753. The minimum Gasteiger partial charge on any atom is -0.872 e. The van der Waals surface area contributed by atoms with Gasteiger partial charge in [-0.25, -0.2) is 4.39 Å². The number of hydrogen-bond acceptors (Lipinski definition) is 2. The van der Waals surface area contributed by atoms with Gasteiger partial charge in [-0.15, -0.1) is 5.75 Å². The van der Waals surface area contributed by atoms with E-state index in [2.05, 4.69) is 26.0 Å². The zero-order valence-corrected chi connectivity index (χ0v) is 19.6. The molecule has 4 rings (SSSR count). The van der Waals surface area contributed by atoms with E-state index < -0.39 is 5.82 Å². The first-order valence-electron chi connectivity index (χ1n) is 9.74. The Bertz CT molecular complexity index is 772. The van der Waals surface area contributed by atoms with Crippen molar-refractivity contribution >= 4 is 0 Å². The van der Waals surface area contributed by atoms with Gasteiger partial charge in [-0.2, -0.15) is 0 Å². The van der Waals surface area contributed by atoms with Crippen LogP contribution in [0.1, 0.15) is 51.0 Å². The Hall–Kier alpha value is -0.394. The molecule has 2 aromatic rings. The summed E-state index contributed by atoms with van der Waals surface area (Å²) in [6.45, 7) is 4.79. The number of rotatable bonds is 3. The maximum absolute atomic E-state index is 13.8. The molecule has 0 N–H and O–H groups in total. The standard InChI is InChI=1S/C23H27FO2.K/c1-14-9-16-11-15(2)23(18(10-14)12-16)17-3-6-20(7-4-17)26-22-8-5-19(25)13-21(22)24;/h3-8,13-16,18,23,25H,9-12H2,1-2H3;/q;+1/p-1. The summed E-state index contributed by atoms with van der Waals surface area (Å²) < 4.78 is 19.4. The van der Waals surface area contributed by atoms with Crippen molar-refractivity contribution in [2.24, 2.45) is 23.7 Å². The van der Waals surface area contributed by atoms with E-state index in [1.54, 1.807) is 0 Å². The van der Waals surface area contributed by atoms with Gasteiger partial charge in [-0.3, -0.25) is 0 Å². The summed E-state index contributed by atoms with van der Waals surface area (Å²) >= 11 is 0. The van der Waals surface area contributed by atoms with Crippen molar-refractivity contribution < 1.29 is 65.6 Å². The third kappa shape index (κ3) is 4.79. The van der Waals surface area contributed by atoms with Gasteiger partial charge < -0.3 is 9.84 Å². The Morgan fingerprint density at radius 2 is 1.70 bits per heavy atom. The van der Waals surface area contributed by atoms with Crippen molar-refractivity contribution in [2.75, 3.05) is 0 Å². The van der Waals surface area contributed by atoms with E-state index in [9.17, 15) is 9.50 Å². The number of hydrogen-bond donors (Lipinski definition) is 0. The van der Waals surface area contributed by atoms with Gasteiger partial charge in [-0.1, -0.05) is 32.0 Å². The van der Waals surface area contributed by atoms with Crippen LogP contribution < -0.4 is 61.2 Å². The molecule has 2 fully saturated rings. The Morgan fingerprint density at radius 1 is 0.963 bits per heavy atom. The van der Waals surface area contributed by atoms with Crippen molar-refractivity contribution in [1.29, 1.82) is 0 Å². The molecule has 2 aliphatic rings. The molecule has 0 amide bonds. The van der Waals surface area contributed by atoms with Gasteiger partial charge in [-0.05, 0) is 85.1 Å². The van der Waals surface area contributed by atoms with Crippen LogP contribution in [0.25, 0.3) is 0 Å². The second kappa shape index (κ2) is 8.96. The van der Waals surface area contributed by atoms with E-state index in [-0.39, 0.29) is 62.9 Å². The molecule has 4 heteroatoms. The van der Waals surface area contributed by atoms with E-state index in [0.29, 0.717) is 17.6 Å². The zero-order valence-electron chi connectivity index (χ0n) is 16.5. The van der Waals surface area contributed by atoms with Gasteiger partial charge in [0.25, 0.3) is 0 Å². The molecule has 0 spiro atoms. The van der Waals surface area contributed by atoms with Crippen LogP contribution >= 0.6 is 0 Å². The first kappa shape index (κ1) is 21.3. The van der Waals surface area contributed by atoms with Crippen LogP contribution in [-0.4, -0.2) is 0 Å². The van der Waals surface area contributed by atoms with Crippen LogP contribution in [0.5, 0.6) is 17.2 Å². The summed E-state index contributed by atoms with van der Waals surface area (Å²) in [6, 6.07) is 11.8. The van der Waals surface area contributed by atoms with Crippen LogP contribution in [0.3, 0.4) is 0 Å². The molecule has 5 unspecified atom stereocenters. The van der Waals surface area contributed by atoms with Crippen LogP contribution in [-0.2, 0) is 0 Å². The van der Waals surface area contributed by atoms with E-state index in [1.165, 1.54) is 43.4 Å². The molecule has 0 aromatic heterocycles. The van der Waals surface area contributed by atoms with Gasteiger partial charge in [0, 0.05) is 0 Å². The summed E-state index contributed by atoms with van der Waals surface area (Å²) in [7, 11) is 0. The maximum atomic E-state index is 13.8. The van der Waals surface area contributed by atoms with Gasteiger partial charge in [0.05, 0.1) is 0 Å². The average molecular weight is 393 g/mol. The Morgan fingerprint density at radius 3 is 2.41 bits per heavy atom. The monoisotopic (exact) mass is 392 g/mol. The van der Waals surface area contributed by atoms with Gasteiger partial charge in [0.15, 0.2) is 11.6 Å². The van der Waals surface area contributed by atoms with E-state index in [0.717, 1.165) is 23.8 Å². The molecule has 2 aromatic carbocycles. The van der Waals surface area contributed by atoms with Gasteiger partial charge in [0.2, 0.25) is 0 Å². The van der Waals surface area contributed by atoms with Crippen LogP contribution in [0.15, 0.2) is 42.5 Å². The second-order valence-electron chi connectivity index (χ2n) is 8.44. The topological polar surface area (TPSA) is 32.3 Å². The van der Waals surface area contributed by atoms with Crippen LogP contribution in [0, 0.1) is 29.5 Å². The molecule has 0 saturated heterocycles. The number of ether oxygens (including phenoxy) is 1. The number of halogens is 1. The fourth-order valence-corrected chi connectivity index (χ4v) is 5.48. The van der Waals surface area contributed by atoms with Crippen LogP contribution in [0.4, 0.5) is 4.39 Å². The predicted molar refractivity (Wildman–Crippen MR) is 98.9 cm³/mol. The molecule has 2 nitrogen and oxygen atoms in total. The van der Waals surface area contributed by atoms with Gasteiger partial charge >= 0.3 is 51.4 Å². The Balaban J connectivity index is 0.00000210. The summed E-state index contributed by atoms with van der Waals surface area (Å²) in [5, 5.41) is 11.2. The Labute approximate surface area is 203 Å². The first-order valence-corrected chi connectivity index (χ1v) is 9.74.